The third-order valence-electron chi connectivity index (χ3n) is 4.97. The molecule has 24 heavy (non-hydrogen) atoms. The van der Waals surface area contributed by atoms with E-state index in [0.717, 1.165) is 49.2 Å². The van der Waals surface area contributed by atoms with Crippen LogP contribution in [0.25, 0.3) is 0 Å². The third kappa shape index (κ3) is 3.97. The molecule has 1 heterocycles. The molecule has 1 aromatic carbocycles. The highest BCUT2D eigenvalue weighted by Gasteiger charge is 2.39. The molecule has 0 aliphatic carbocycles. The van der Waals surface area contributed by atoms with Crippen molar-refractivity contribution in [3.05, 3.63) is 29.3 Å². The van der Waals surface area contributed by atoms with Crippen molar-refractivity contribution in [1.82, 2.24) is 4.90 Å². The molecule has 1 saturated heterocycles. The Bertz CT molecular complexity index is 600. The number of carbonyl (C=O) groups excluding carboxylic acids is 2. The van der Waals surface area contributed by atoms with Gasteiger partial charge >= 0.3 is 0 Å². The van der Waals surface area contributed by atoms with Gasteiger partial charge in [-0.3, -0.25) is 9.59 Å². The summed E-state index contributed by atoms with van der Waals surface area (Å²) in [5.41, 5.74) is 1.92. The van der Waals surface area contributed by atoms with Gasteiger partial charge in [-0.25, -0.2) is 0 Å². The summed E-state index contributed by atoms with van der Waals surface area (Å²) in [5, 5.41) is 3.02. The van der Waals surface area contributed by atoms with E-state index in [1.165, 1.54) is 12.8 Å². The Morgan fingerprint density at radius 2 is 1.75 bits per heavy atom. The minimum absolute atomic E-state index is 0.0615. The second-order valence-corrected chi connectivity index (χ2v) is 7.25. The number of aryl methyl sites for hydroxylation is 2. The molecule has 0 unspecified atom stereocenters. The van der Waals surface area contributed by atoms with E-state index in [1.807, 2.05) is 30.0 Å². The number of rotatable bonds is 4. The summed E-state index contributed by atoms with van der Waals surface area (Å²) in [5.74, 6) is -0.283. The predicted molar refractivity (Wildman–Crippen MR) is 98.0 cm³/mol. The lowest BCUT2D eigenvalue weighted by Gasteiger charge is -2.30. The maximum absolute atomic E-state index is 12.9. The third-order valence-corrected chi connectivity index (χ3v) is 4.97. The lowest BCUT2D eigenvalue weighted by atomic mass is 9.89. The molecule has 2 rings (SSSR count). The Labute approximate surface area is 145 Å². The van der Waals surface area contributed by atoms with Gasteiger partial charge in [-0.05, 0) is 51.2 Å². The molecule has 1 aliphatic heterocycles. The average molecular weight is 330 g/mol. The van der Waals surface area contributed by atoms with Crippen molar-refractivity contribution < 1.29 is 9.59 Å². The van der Waals surface area contributed by atoms with Crippen LogP contribution in [0.2, 0.25) is 0 Å². The van der Waals surface area contributed by atoms with Crippen LogP contribution in [0.15, 0.2) is 18.2 Å². The number of para-hydroxylation sites is 1. The van der Waals surface area contributed by atoms with Gasteiger partial charge in [0.2, 0.25) is 11.8 Å². The number of nitrogens with zero attached hydrogens (tertiary/aromatic N) is 1. The zero-order chi connectivity index (χ0) is 17.7. The topological polar surface area (TPSA) is 49.4 Å². The molecule has 1 aliphatic rings. The SMILES string of the molecule is CCc1cccc(C)c1NC(=O)C(C)(C)C(=O)N1CCCCCC1. The number of carbonyl (C=O) groups is 2. The van der Waals surface area contributed by atoms with E-state index in [2.05, 4.69) is 12.2 Å². The number of hydrogen-bond acceptors (Lipinski definition) is 2. The van der Waals surface area contributed by atoms with E-state index < -0.39 is 5.41 Å². The summed E-state index contributed by atoms with van der Waals surface area (Å²) in [6, 6.07) is 6.00. The van der Waals surface area contributed by atoms with Crippen molar-refractivity contribution in [2.75, 3.05) is 18.4 Å². The van der Waals surface area contributed by atoms with Gasteiger partial charge in [-0.1, -0.05) is 38.0 Å². The van der Waals surface area contributed by atoms with Crippen LogP contribution in [0, 0.1) is 12.3 Å². The maximum Gasteiger partial charge on any atom is 0.239 e. The zero-order valence-corrected chi connectivity index (χ0v) is 15.4. The molecule has 132 valence electrons. The maximum atomic E-state index is 12.9. The van der Waals surface area contributed by atoms with E-state index in [4.69, 9.17) is 0 Å². The number of nitrogens with one attached hydrogen (secondary N) is 1. The van der Waals surface area contributed by atoms with Gasteiger partial charge in [0, 0.05) is 18.8 Å². The normalized spacial score (nSPS) is 15.8. The second kappa shape index (κ2) is 7.82. The highest BCUT2D eigenvalue weighted by Crippen LogP contribution is 2.27. The zero-order valence-electron chi connectivity index (χ0n) is 15.4. The van der Waals surface area contributed by atoms with Crippen molar-refractivity contribution in [3.63, 3.8) is 0 Å². The molecule has 4 heteroatoms. The molecule has 1 fully saturated rings. The van der Waals surface area contributed by atoms with Crippen LogP contribution in [-0.4, -0.2) is 29.8 Å². The molecule has 0 saturated carbocycles. The first-order valence-electron chi connectivity index (χ1n) is 9.07. The second-order valence-electron chi connectivity index (χ2n) is 7.25. The summed E-state index contributed by atoms with van der Waals surface area (Å²) in [7, 11) is 0. The smallest absolute Gasteiger partial charge is 0.239 e. The van der Waals surface area contributed by atoms with Crippen LogP contribution in [0.3, 0.4) is 0 Å². The Kier molecular flexibility index (Phi) is 6.03. The van der Waals surface area contributed by atoms with Crippen LogP contribution >= 0.6 is 0 Å². The van der Waals surface area contributed by atoms with Gasteiger partial charge in [0.25, 0.3) is 0 Å². The first-order chi connectivity index (χ1) is 11.4. The highest BCUT2D eigenvalue weighted by atomic mass is 16.2. The van der Waals surface area contributed by atoms with Gasteiger partial charge in [-0.2, -0.15) is 0 Å². The minimum Gasteiger partial charge on any atom is -0.342 e. The van der Waals surface area contributed by atoms with Crippen molar-refractivity contribution in [2.24, 2.45) is 5.41 Å². The molecule has 1 aromatic rings. The predicted octanol–water partition coefficient (Wildman–Crippen LogP) is 3.92. The van der Waals surface area contributed by atoms with Gasteiger partial charge in [0.05, 0.1) is 0 Å². The van der Waals surface area contributed by atoms with Crippen molar-refractivity contribution in [3.8, 4) is 0 Å². The Balaban J connectivity index is 2.16. The summed E-state index contributed by atoms with van der Waals surface area (Å²) in [6.45, 7) is 9.05. The molecule has 0 atom stereocenters. The molecule has 4 nitrogen and oxygen atoms in total. The van der Waals surface area contributed by atoms with Crippen LogP contribution in [0.5, 0.6) is 0 Å². The van der Waals surface area contributed by atoms with Gasteiger partial charge < -0.3 is 10.2 Å². The average Bonchev–Trinajstić information content (AvgIpc) is 2.84. The summed E-state index contributed by atoms with van der Waals surface area (Å²) >= 11 is 0. The number of likely N-dealkylation sites (tertiary alicyclic amines) is 1. The molecule has 0 radical (unpaired) electrons. The van der Waals surface area contributed by atoms with E-state index in [9.17, 15) is 9.59 Å². The lowest BCUT2D eigenvalue weighted by Crippen LogP contribution is -2.47. The highest BCUT2D eigenvalue weighted by molar-refractivity contribution is 6.10. The first-order valence-corrected chi connectivity index (χ1v) is 9.07. The van der Waals surface area contributed by atoms with Crippen molar-refractivity contribution >= 4 is 17.5 Å². The molecular weight excluding hydrogens is 300 g/mol. The summed E-state index contributed by atoms with van der Waals surface area (Å²) in [4.78, 5) is 27.6. The van der Waals surface area contributed by atoms with Gasteiger partial charge in [0.1, 0.15) is 5.41 Å². The number of hydrogen-bond donors (Lipinski definition) is 1. The molecular formula is C20H30N2O2. The van der Waals surface area contributed by atoms with Gasteiger partial charge in [0.15, 0.2) is 0 Å². The van der Waals surface area contributed by atoms with Crippen molar-refractivity contribution in [2.45, 2.75) is 59.8 Å². The summed E-state index contributed by atoms with van der Waals surface area (Å²) < 4.78 is 0. The molecule has 0 spiro atoms. The summed E-state index contributed by atoms with van der Waals surface area (Å²) in [6.07, 6.45) is 5.24. The Hall–Kier alpha value is -1.84. The van der Waals surface area contributed by atoms with Crippen LogP contribution < -0.4 is 5.32 Å². The number of benzene rings is 1. The van der Waals surface area contributed by atoms with Crippen LogP contribution in [0.4, 0.5) is 5.69 Å². The molecule has 2 amide bonds. The monoisotopic (exact) mass is 330 g/mol. The van der Waals surface area contributed by atoms with Crippen molar-refractivity contribution in [1.29, 1.82) is 0 Å². The van der Waals surface area contributed by atoms with E-state index in [-0.39, 0.29) is 11.8 Å². The van der Waals surface area contributed by atoms with Crippen LogP contribution in [0.1, 0.15) is 57.6 Å². The van der Waals surface area contributed by atoms with E-state index in [0.29, 0.717) is 0 Å². The fraction of sp³-hybridized carbons (Fsp3) is 0.600. The first kappa shape index (κ1) is 18.5. The molecule has 0 aromatic heterocycles. The van der Waals surface area contributed by atoms with E-state index >= 15 is 0 Å². The number of amides is 2. The Morgan fingerprint density at radius 3 is 2.33 bits per heavy atom. The standard InChI is InChI=1S/C20H30N2O2/c1-5-16-12-10-11-15(2)17(16)21-18(23)20(3,4)19(24)22-13-8-6-7-9-14-22/h10-12H,5-9,13-14H2,1-4H3,(H,21,23). The lowest BCUT2D eigenvalue weighted by molar-refractivity contribution is -0.146. The fourth-order valence-electron chi connectivity index (χ4n) is 3.24. The minimum atomic E-state index is -1.06. The molecule has 0 bridgehead atoms. The van der Waals surface area contributed by atoms with E-state index in [1.54, 1.807) is 13.8 Å². The number of anilines is 1. The quantitative estimate of drug-likeness (QED) is 0.851. The Morgan fingerprint density at radius 1 is 1.12 bits per heavy atom. The fourth-order valence-corrected chi connectivity index (χ4v) is 3.24. The largest absolute Gasteiger partial charge is 0.342 e. The molecule has 1 N–H and O–H groups in total. The van der Waals surface area contributed by atoms with Gasteiger partial charge in [-0.15, -0.1) is 0 Å². The van der Waals surface area contributed by atoms with Crippen LogP contribution in [-0.2, 0) is 16.0 Å².